The van der Waals surface area contributed by atoms with Crippen molar-refractivity contribution in [3.63, 3.8) is 0 Å². The molecule has 2 rings (SSSR count). The average Bonchev–Trinajstić information content (AvgIpc) is 2.95. The molecule has 0 fully saturated rings. The van der Waals surface area contributed by atoms with Gasteiger partial charge in [-0.05, 0) is 36.6 Å². The Morgan fingerprint density at radius 1 is 1.29 bits per heavy atom. The van der Waals surface area contributed by atoms with Gasteiger partial charge in [0.25, 0.3) is 0 Å². The van der Waals surface area contributed by atoms with E-state index in [2.05, 4.69) is 10.3 Å². The van der Waals surface area contributed by atoms with Crippen LogP contribution in [0.5, 0.6) is 0 Å². The standard InChI is InChI=1S/C17H19FN2O4/c1-10(2)7-14(17(22)23)20-15(21)8-13-9-24-16(19-13)11-3-5-12(18)6-4-11/h3-6,9-10,14H,7-8H2,1-2H3,(H,20,21)(H,22,23)/t14-/m1/s1. The highest BCUT2D eigenvalue weighted by Crippen LogP contribution is 2.19. The van der Waals surface area contributed by atoms with Crippen LogP contribution in [0.2, 0.25) is 0 Å². The lowest BCUT2D eigenvalue weighted by Crippen LogP contribution is -2.42. The molecule has 1 aromatic heterocycles. The molecule has 0 aliphatic heterocycles. The van der Waals surface area contributed by atoms with Gasteiger partial charge in [-0.15, -0.1) is 0 Å². The van der Waals surface area contributed by atoms with Crippen LogP contribution in [0.4, 0.5) is 4.39 Å². The van der Waals surface area contributed by atoms with Crippen LogP contribution in [0, 0.1) is 11.7 Å². The van der Waals surface area contributed by atoms with Crippen LogP contribution in [0.15, 0.2) is 34.9 Å². The van der Waals surface area contributed by atoms with Crippen molar-refractivity contribution in [1.82, 2.24) is 10.3 Å². The number of oxazole rings is 1. The number of carboxylic acids is 1. The number of hydrogen-bond acceptors (Lipinski definition) is 4. The third kappa shape index (κ3) is 4.91. The number of amides is 1. The SMILES string of the molecule is CC(C)C[C@@H](NC(=O)Cc1coc(-c2ccc(F)cc2)n1)C(=O)O. The highest BCUT2D eigenvalue weighted by Gasteiger charge is 2.21. The van der Waals surface area contributed by atoms with Gasteiger partial charge < -0.3 is 14.8 Å². The minimum absolute atomic E-state index is 0.0907. The van der Waals surface area contributed by atoms with Gasteiger partial charge in [-0.1, -0.05) is 13.8 Å². The van der Waals surface area contributed by atoms with Crippen LogP contribution in [-0.4, -0.2) is 28.0 Å². The van der Waals surface area contributed by atoms with Gasteiger partial charge in [0.1, 0.15) is 18.1 Å². The molecule has 0 saturated heterocycles. The number of carbonyl (C=O) groups is 2. The number of aromatic nitrogens is 1. The first-order chi connectivity index (χ1) is 11.3. The maximum absolute atomic E-state index is 12.9. The van der Waals surface area contributed by atoms with Gasteiger partial charge >= 0.3 is 5.97 Å². The number of hydrogen-bond donors (Lipinski definition) is 2. The predicted octanol–water partition coefficient (Wildman–Crippen LogP) is 2.64. The highest BCUT2D eigenvalue weighted by molar-refractivity contribution is 5.84. The van der Waals surface area contributed by atoms with E-state index in [0.29, 0.717) is 17.7 Å². The van der Waals surface area contributed by atoms with Crippen molar-refractivity contribution in [2.45, 2.75) is 32.7 Å². The fourth-order valence-corrected chi connectivity index (χ4v) is 2.22. The smallest absolute Gasteiger partial charge is 0.326 e. The van der Waals surface area contributed by atoms with Gasteiger partial charge in [-0.3, -0.25) is 4.79 Å². The topological polar surface area (TPSA) is 92.4 Å². The lowest BCUT2D eigenvalue weighted by Gasteiger charge is -2.15. The number of nitrogens with zero attached hydrogens (tertiary/aromatic N) is 1. The first kappa shape index (κ1) is 17.7. The van der Waals surface area contributed by atoms with E-state index in [9.17, 15) is 14.0 Å². The molecule has 1 aromatic carbocycles. The Hall–Kier alpha value is -2.70. The van der Waals surface area contributed by atoms with Crippen LogP contribution in [0.3, 0.4) is 0 Å². The molecule has 0 saturated carbocycles. The number of carboxylic acid groups (broad SMARTS) is 1. The second-order valence-electron chi connectivity index (χ2n) is 5.92. The lowest BCUT2D eigenvalue weighted by molar-refractivity contribution is -0.142. The summed E-state index contributed by atoms with van der Waals surface area (Å²) in [5.74, 6) is -1.46. The number of rotatable bonds is 7. The zero-order valence-corrected chi connectivity index (χ0v) is 13.5. The van der Waals surface area contributed by atoms with E-state index in [1.807, 2.05) is 13.8 Å². The minimum atomic E-state index is -1.07. The lowest BCUT2D eigenvalue weighted by atomic mass is 10.0. The molecule has 0 aliphatic carbocycles. The van der Waals surface area contributed by atoms with Crippen LogP contribution < -0.4 is 5.32 Å². The van der Waals surface area contributed by atoms with Crippen LogP contribution in [0.1, 0.15) is 26.0 Å². The second-order valence-corrected chi connectivity index (χ2v) is 5.92. The third-order valence-corrected chi connectivity index (χ3v) is 3.33. The first-order valence-corrected chi connectivity index (χ1v) is 7.57. The number of halogens is 1. The first-order valence-electron chi connectivity index (χ1n) is 7.57. The molecule has 2 aromatic rings. The Bertz CT molecular complexity index is 710. The van der Waals surface area contributed by atoms with E-state index in [0.717, 1.165) is 0 Å². The zero-order valence-electron chi connectivity index (χ0n) is 13.5. The third-order valence-electron chi connectivity index (χ3n) is 3.33. The van der Waals surface area contributed by atoms with E-state index < -0.39 is 17.9 Å². The molecule has 24 heavy (non-hydrogen) atoms. The van der Waals surface area contributed by atoms with Gasteiger partial charge in [-0.25, -0.2) is 14.2 Å². The second kappa shape index (κ2) is 7.72. The molecule has 0 radical (unpaired) electrons. The summed E-state index contributed by atoms with van der Waals surface area (Å²) in [4.78, 5) is 27.3. The van der Waals surface area contributed by atoms with Crippen molar-refractivity contribution >= 4 is 11.9 Å². The Morgan fingerprint density at radius 2 is 1.96 bits per heavy atom. The quantitative estimate of drug-likeness (QED) is 0.812. The Kier molecular flexibility index (Phi) is 5.68. The van der Waals surface area contributed by atoms with Gasteiger partial charge in [0.2, 0.25) is 11.8 Å². The largest absolute Gasteiger partial charge is 0.480 e. The molecular formula is C17H19FN2O4. The van der Waals surface area contributed by atoms with Gasteiger partial charge in [0.15, 0.2) is 0 Å². The summed E-state index contributed by atoms with van der Waals surface area (Å²) in [6.07, 6.45) is 1.59. The highest BCUT2D eigenvalue weighted by atomic mass is 19.1. The van der Waals surface area contributed by atoms with Crippen LogP contribution in [0.25, 0.3) is 11.5 Å². The number of aliphatic carboxylic acids is 1. The van der Waals surface area contributed by atoms with E-state index in [-0.39, 0.29) is 24.0 Å². The summed E-state index contributed by atoms with van der Waals surface area (Å²) in [7, 11) is 0. The number of carbonyl (C=O) groups excluding carboxylic acids is 1. The van der Waals surface area contributed by atoms with Gasteiger partial charge in [-0.2, -0.15) is 0 Å². The monoisotopic (exact) mass is 334 g/mol. The average molecular weight is 334 g/mol. The molecule has 0 bridgehead atoms. The van der Waals surface area contributed by atoms with E-state index in [1.165, 1.54) is 30.5 Å². The Morgan fingerprint density at radius 3 is 2.54 bits per heavy atom. The predicted molar refractivity (Wildman–Crippen MR) is 84.6 cm³/mol. The number of benzene rings is 1. The maximum Gasteiger partial charge on any atom is 0.326 e. The van der Waals surface area contributed by atoms with Crippen molar-refractivity contribution in [2.24, 2.45) is 5.92 Å². The van der Waals surface area contributed by atoms with Crippen molar-refractivity contribution < 1.29 is 23.5 Å². The minimum Gasteiger partial charge on any atom is -0.480 e. The molecule has 1 atom stereocenters. The molecule has 0 unspecified atom stereocenters. The van der Waals surface area contributed by atoms with E-state index >= 15 is 0 Å². The van der Waals surface area contributed by atoms with Crippen molar-refractivity contribution in [2.75, 3.05) is 0 Å². The molecule has 1 heterocycles. The summed E-state index contributed by atoms with van der Waals surface area (Å²) >= 11 is 0. The molecule has 7 heteroatoms. The van der Waals surface area contributed by atoms with Crippen LogP contribution in [-0.2, 0) is 16.0 Å². The normalized spacial score (nSPS) is 12.2. The van der Waals surface area contributed by atoms with E-state index in [1.54, 1.807) is 0 Å². The molecule has 0 aliphatic rings. The summed E-state index contributed by atoms with van der Waals surface area (Å²) in [5.41, 5.74) is 0.965. The van der Waals surface area contributed by atoms with Crippen molar-refractivity contribution in [3.05, 3.63) is 42.0 Å². The Balaban J connectivity index is 1.99. The molecular weight excluding hydrogens is 315 g/mol. The maximum atomic E-state index is 12.9. The van der Waals surface area contributed by atoms with Crippen molar-refractivity contribution in [3.8, 4) is 11.5 Å². The fourth-order valence-electron chi connectivity index (χ4n) is 2.22. The fraction of sp³-hybridized carbons (Fsp3) is 0.353. The van der Waals surface area contributed by atoms with Crippen molar-refractivity contribution in [1.29, 1.82) is 0 Å². The Labute approximate surface area is 138 Å². The van der Waals surface area contributed by atoms with Gasteiger partial charge in [0.05, 0.1) is 12.1 Å². The molecule has 128 valence electrons. The molecule has 2 N–H and O–H groups in total. The molecule has 6 nitrogen and oxygen atoms in total. The summed E-state index contributed by atoms with van der Waals surface area (Å²) < 4.78 is 18.2. The summed E-state index contributed by atoms with van der Waals surface area (Å²) in [6, 6.07) is 4.69. The summed E-state index contributed by atoms with van der Waals surface area (Å²) in [6.45, 7) is 3.77. The molecule has 0 spiro atoms. The van der Waals surface area contributed by atoms with Crippen LogP contribution >= 0.6 is 0 Å². The summed E-state index contributed by atoms with van der Waals surface area (Å²) in [5, 5.41) is 11.6. The molecule has 1 amide bonds. The number of nitrogens with one attached hydrogen (secondary N) is 1. The van der Waals surface area contributed by atoms with Gasteiger partial charge in [0, 0.05) is 5.56 Å². The van der Waals surface area contributed by atoms with E-state index in [4.69, 9.17) is 9.52 Å². The zero-order chi connectivity index (χ0) is 17.7.